The van der Waals surface area contributed by atoms with Crippen LogP contribution in [0.15, 0.2) is 48.6 Å². The number of amides is 1. The fourth-order valence-electron chi connectivity index (χ4n) is 13.4. The van der Waals surface area contributed by atoms with Crippen LogP contribution in [0.1, 0.15) is 316 Å². The van der Waals surface area contributed by atoms with E-state index in [0.717, 1.165) is 57.8 Å². The van der Waals surface area contributed by atoms with Crippen LogP contribution in [-0.4, -0.2) is 193 Å². The van der Waals surface area contributed by atoms with Crippen molar-refractivity contribution >= 4 is 5.91 Å². The van der Waals surface area contributed by atoms with Crippen molar-refractivity contribution in [2.24, 2.45) is 0 Å². The van der Waals surface area contributed by atoms with Crippen LogP contribution in [0, 0.1) is 0 Å². The van der Waals surface area contributed by atoms with Crippen molar-refractivity contribution in [3.63, 3.8) is 0 Å². The predicted octanol–water partition coefficient (Wildman–Crippen LogP) is 12.9. The second-order valence-electron chi connectivity index (χ2n) is 28.5. The van der Waals surface area contributed by atoms with E-state index >= 15 is 0 Å². The number of hydrogen-bond acceptors (Lipinski definition) is 18. The molecule has 0 aromatic carbocycles. The number of ether oxygens (including phenoxy) is 6. The molecule has 0 aromatic rings. The Morgan fingerprint density at radius 1 is 0.367 bits per heavy atom. The van der Waals surface area contributed by atoms with E-state index in [1.807, 2.05) is 6.08 Å². The summed E-state index contributed by atoms with van der Waals surface area (Å²) in [7, 11) is 0. The lowest BCUT2D eigenvalue weighted by molar-refractivity contribution is -0.379. The van der Waals surface area contributed by atoms with Gasteiger partial charge in [-0.15, -0.1) is 0 Å². The van der Waals surface area contributed by atoms with E-state index in [1.54, 1.807) is 6.08 Å². The molecule has 12 N–H and O–H groups in total. The quantitative estimate of drug-likeness (QED) is 0.0199. The minimum atomic E-state index is -1.98. The summed E-state index contributed by atoms with van der Waals surface area (Å²) < 4.78 is 34.4. The number of rotatable bonds is 63. The molecule has 3 fully saturated rings. The summed E-state index contributed by atoms with van der Waals surface area (Å²) in [6.45, 7) is 1.76. The number of hydrogen-bond donors (Lipinski definition) is 12. The first-order valence-corrected chi connectivity index (χ1v) is 39.9. The molecule has 17 atom stereocenters. The van der Waals surface area contributed by atoms with Crippen molar-refractivity contribution in [1.29, 1.82) is 0 Å². The SMILES string of the molecule is CCCCCCC/C=C\C/C=C\C/C=C\CCCCCCCCCCCCCCCCCCCCC(=O)NC(COC1OC(CO)C(OC2OC(CO)C(OC3OC(CO)C(O)C(O)C3O)C(O)C2O)C(O)C1O)C(O)/C=C/CCCCCCCCCCCCCCCCCCCC. The monoisotopic (exact) mass is 1400 g/mol. The van der Waals surface area contributed by atoms with Gasteiger partial charge in [-0.3, -0.25) is 4.79 Å². The molecule has 0 aromatic heterocycles. The number of unbranched alkanes of at least 4 members (excludes halogenated alkanes) is 41. The van der Waals surface area contributed by atoms with Gasteiger partial charge in [0.2, 0.25) is 5.91 Å². The predicted molar refractivity (Wildman–Crippen MR) is 388 cm³/mol. The molecule has 574 valence electrons. The fourth-order valence-corrected chi connectivity index (χ4v) is 13.4. The standard InChI is InChI=1S/C79H145NO18/c1-3-5-7-9-11-13-15-17-19-21-23-25-26-27-28-29-30-31-32-33-34-35-36-37-39-41-43-45-47-49-51-53-55-57-67(85)80-62(63(84)56-54-52-50-48-46-44-42-40-38-24-22-20-18-16-14-12-10-8-6-4-2)61-93-77-73(91)70(88)75(65(59-82)95-77)98-79-74(92)71(89)76(66(60-83)96-79)97-78-72(90)69(87)68(86)64(58-81)94-78/h15,17,21,23,26-27,54,56,62-66,68-79,81-84,86-92H,3-14,16,18-20,22,24-25,28-53,55,57-61H2,1-2H3,(H,80,85)/b17-15-,23-21-,27-26-,56-54+. The third-order valence-corrected chi connectivity index (χ3v) is 19.9. The molecule has 3 aliphatic rings. The molecule has 1 amide bonds. The molecule has 0 bridgehead atoms. The van der Waals surface area contributed by atoms with Crippen molar-refractivity contribution < 1.29 is 89.4 Å². The maximum atomic E-state index is 13.5. The van der Waals surface area contributed by atoms with E-state index in [0.29, 0.717) is 6.42 Å². The fraction of sp³-hybridized carbons (Fsp3) is 0.886. The average Bonchev–Trinajstić information content (AvgIpc) is 0.782. The molecule has 0 aliphatic carbocycles. The number of carbonyl (C=O) groups excluding carboxylic acids is 1. The van der Waals surface area contributed by atoms with Crippen LogP contribution in [0.3, 0.4) is 0 Å². The highest BCUT2D eigenvalue weighted by Gasteiger charge is 2.54. The summed E-state index contributed by atoms with van der Waals surface area (Å²) in [4.78, 5) is 13.5. The molecule has 0 spiro atoms. The van der Waals surface area contributed by atoms with Crippen LogP contribution in [0.5, 0.6) is 0 Å². The van der Waals surface area contributed by atoms with Gasteiger partial charge in [0.25, 0.3) is 0 Å². The Balaban J connectivity index is 1.36. The summed E-state index contributed by atoms with van der Waals surface area (Å²) in [6.07, 6.45) is 48.1. The zero-order chi connectivity index (χ0) is 71.1. The summed E-state index contributed by atoms with van der Waals surface area (Å²) in [5, 5.41) is 121. The van der Waals surface area contributed by atoms with Crippen LogP contribution in [0.4, 0.5) is 0 Å². The molecule has 17 unspecified atom stereocenters. The number of carbonyl (C=O) groups is 1. The van der Waals surface area contributed by atoms with Crippen molar-refractivity contribution in [2.75, 3.05) is 26.4 Å². The molecule has 3 aliphatic heterocycles. The molecular weight excluding hydrogens is 1250 g/mol. The number of nitrogens with one attached hydrogen (secondary N) is 1. The van der Waals surface area contributed by atoms with Gasteiger partial charge in [0.1, 0.15) is 73.2 Å². The average molecular weight is 1400 g/mol. The third kappa shape index (κ3) is 40.1. The van der Waals surface area contributed by atoms with Crippen LogP contribution < -0.4 is 5.32 Å². The van der Waals surface area contributed by atoms with E-state index in [9.17, 15) is 61.0 Å². The van der Waals surface area contributed by atoms with Gasteiger partial charge in [0.15, 0.2) is 18.9 Å². The Hall–Kier alpha value is -2.25. The van der Waals surface area contributed by atoms with E-state index in [2.05, 4.69) is 55.6 Å². The molecule has 0 radical (unpaired) electrons. The number of aliphatic hydroxyl groups excluding tert-OH is 11. The smallest absolute Gasteiger partial charge is 0.220 e. The highest BCUT2D eigenvalue weighted by molar-refractivity contribution is 5.76. The van der Waals surface area contributed by atoms with Crippen LogP contribution in [-0.2, 0) is 33.2 Å². The Morgan fingerprint density at radius 3 is 1.05 bits per heavy atom. The van der Waals surface area contributed by atoms with Gasteiger partial charge in [-0.25, -0.2) is 0 Å². The van der Waals surface area contributed by atoms with E-state index in [4.69, 9.17) is 28.4 Å². The molecule has 3 saturated heterocycles. The van der Waals surface area contributed by atoms with Gasteiger partial charge < -0.3 is 89.9 Å². The summed E-state index contributed by atoms with van der Waals surface area (Å²) >= 11 is 0. The molecule has 19 nitrogen and oxygen atoms in total. The van der Waals surface area contributed by atoms with Gasteiger partial charge in [0.05, 0.1) is 38.6 Å². The van der Waals surface area contributed by atoms with Crippen molar-refractivity contribution in [1.82, 2.24) is 5.32 Å². The second-order valence-corrected chi connectivity index (χ2v) is 28.5. The molecule has 3 heterocycles. The van der Waals surface area contributed by atoms with Crippen LogP contribution >= 0.6 is 0 Å². The lowest BCUT2D eigenvalue weighted by Crippen LogP contribution is -2.66. The second kappa shape index (κ2) is 60.1. The summed E-state index contributed by atoms with van der Waals surface area (Å²) in [5.41, 5.74) is 0. The highest BCUT2D eigenvalue weighted by Crippen LogP contribution is 2.33. The van der Waals surface area contributed by atoms with Gasteiger partial charge >= 0.3 is 0 Å². The zero-order valence-electron chi connectivity index (χ0n) is 61.3. The highest BCUT2D eigenvalue weighted by atomic mass is 16.8. The van der Waals surface area contributed by atoms with Crippen molar-refractivity contribution in [3.8, 4) is 0 Å². The maximum absolute atomic E-state index is 13.5. The lowest BCUT2D eigenvalue weighted by atomic mass is 9.96. The first kappa shape index (κ1) is 90.0. The van der Waals surface area contributed by atoms with Crippen molar-refractivity contribution in [2.45, 2.75) is 420 Å². The van der Waals surface area contributed by atoms with Gasteiger partial charge in [-0.05, 0) is 57.8 Å². The van der Waals surface area contributed by atoms with Crippen molar-refractivity contribution in [3.05, 3.63) is 48.6 Å². The first-order valence-electron chi connectivity index (χ1n) is 39.9. The third-order valence-electron chi connectivity index (χ3n) is 19.9. The Bertz CT molecular complexity index is 1960. The van der Waals surface area contributed by atoms with Crippen LogP contribution in [0.2, 0.25) is 0 Å². The topological polar surface area (TPSA) is 307 Å². The normalized spacial score (nSPS) is 27.0. The molecule has 98 heavy (non-hydrogen) atoms. The number of aliphatic hydroxyl groups is 11. The van der Waals surface area contributed by atoms with E-state index < -0.39 is 124 Å². The molecule has 3 rings (SSSR count). The van der Waals surface area contributed by atoms with Crippen LogP contribution in [0.25, 0.3) is 0 Å². The summed E-state index contributed by atoms with van der Waals surface area (Å²) in [6, 6.07) is -0.974. The Morgan fingerprint density at radius 2 is 0.673 bits per heavy atom. The molecular formula is C79H145NO18. The van der Waals surface area contributed by atoms with E-state index in [1.165, 1.54) is 231 Å². The zero-order valence-corrected chi connectivity index (χ0v) is 61.3. The Labute approximate surface area is 593 Å². The molecule has 0 saturated carbocycles. The van der Waals surface area contributed by atoms with Gasteiger partial charge in [-0.2, -0.15) is 0 Å². The molecule has 19 heteroatoms. The van der Waals surface area contributed by atoms with E-state index in [-0.39, 0.29) is 18.9 Å². The Kier molecular flexibility index (Phi) is 55.1. The maximum Gasteiger partial charge on any atom is 0.220 e. The van der Waals surface area contributed by atoms with Gasteiger partial charge in [-0.1, -0.05) is 300 Å². The first-order chi connectivity index (χ1) is 47.8. The minimum absolute atomic E-state index is 0.245. The minimum Gasteiger partial charge on any atom is -0.394 e. The van der Waals surface area contributed by atoms with Gasteiger partial charge in [0, 0.05) is 6.42 Å². The number of allylic oxidation sites excluding steroid dienone is 7. The summed E-state index contributed by atoms with van der Waals surface area (Å²) in [5.74, 6) is -0.271. The lowest BCUT2D eigenvalue weighted by Gasteiger charge is -2.48. The largest absolute Gasteiger partial charge is 0.394 e.